The molecule has 1 saturated carbocycles. The third-order valence-corrected chi connectivity index (χ3v) is 5.78. The van der Waals surface area contributed by atoms with E-state index in [1.54, 1.807) is 30.3 Å². The summed E-state index contributed by atoms with van der Waals surface area (Å²) in [6.07, 6.45) is 4.40. The van der Waals surface area contributed by atoms with E-state index in [1.165, 1.54) is 17.8 Å². The van der Waals surface area contributed by atoms with Crippen molar-refractivity contribution in [2.75, 3.05) is 11.9 Å². The number of amides is 2. The second kappa shape index (κ2) is 9.50. The largest absolute Gasteiger partial charge is 0.452 e. The van der Waals surface area contributed by atoms with Gasteiger partial charge in [-0.05, 0) is 54.5 Å². The minimum absolute atomic E-state index is 0.159. The van der Waals surface area contributed by atoms with Gasteiger partial charge < -0.3 is 15.4 Å². The Bertz CT molecular complexity index is 817. The first-order chi connectivity index (χ1) is 13.5. The van der Waals surface area contributed by atoms with E-state index in [9.17, 15) is 14.4 Å². The number of nitrogens with one attached hydrogen (secondary N) is 2. The van der Waals surface area contributed by atoms with Gasteiger partial charge in [-0.3, -0.25) is 9.59 Å². The van der Waals surface area contributed by atoms with E-state index in [0.29, 0.717) is 22.0 Å². The number of thiophene rings is 1. The lowest BCUT2D eigenvalue weighted by Crippen LogP contribution is -2.42. The van der Waals surface area contributed by atoms with Crippen LogP contribution >= 0.6 is 11.3 Å². The molecule has 0 spiro atoms. The summed E-state index contributed by atoms with van der Waals surface area (Å²) in [4.78, 5) is 36.8. The quantitative estimate of drug-likeness (QED) is 0.722. The van der Waals surface area contributed by atoms with E-state index in [4.69, 9.17) is 4.74 Å². The Morgan fingerprint density at radius 2 is 1.86 bits per heavy atom. The highest BCUT2D eigenvalue weighted by Crippen LogP contribution is 2.23. The molecule has 0 saturated heterocycles. The van der Waals surface area contributed by atoms with Gasteiger partial charge in [-0.2, -0.15) is 0 Å². The molecule has 6 nitrogen and oxygen atoms in total. The highest BCUT2D eigenvalue weighted by atomic mass is 32.1. The summed E-state index contributed by atoms with van der Waals surface area (Å²) < 4.78 is 5.11. The van der Waals surface area contributed by atoms with Crippen molar-refractivity contribution in [2.45, 2.75) is 38.6 Å². The molecule has 0 aliphatic heterocycles. The fraction of sp³-hybridized carbons (Fsp3) is 0.381. The van der Waals surface area contributed by atoms with Crippen molar-refractivity contribution >= 4 is 34.8 Å². The molecule has 1 aliphatic carbocycles. The maximum atomic E-state index is 12.1. The maximum Gasteiger partial charge on any atom is 0.338 e. The van der Waals surface area contributed by atoms with Gasteiger partial charge >= 0.3 is 5.97 Å². The van der Waals surface area contributed by atoms with Crippen LogP contribution in [0.2, 0.25) is 0 Å². The van der Waals surface area contributed by atoms with Crippen molar-refractivity contribution in [3.8, 4) is 0 Å². The second-order valence-electron chi connectivity index (χ2n) is 7.02. The lowest BCUT2D eigenvalue weighted by molar-refractivity contribution is -0.125. The average Bonchev–Trinajstić information content (AvgIpc) is 3.23. The standard InChI is InChI=1S/C21H24N2O4S/c1-14-5-2-3-6-17(14)23-19(24)13-27-21(26)15-8-10-16(11-9-15)22-20(25)18-7-4-12-28-18/h4,7-12,14,17H,2-3,5-6,13H2,1H3,(H,22,25)(H,23,24)/t14-,17-/m0/s1. The van der Waals surface area contributed by atoms with E-state index in [2.05, 4.69) is 17.6 Å². The molecule has 2 atom stereocenters. The van der Waals surface area contributed by atoms with E-state index in [-0.39, 0.29) is 24.5 Å². The maximum absolute atomic E-state index is 12.1. The number of carbonyl (C=O) groups excluding carboxylic acids is 3. The molecule has 0 bridgehead atoms. The summed E-state index contributed by atoms with van der Waals surface area (Å²) in [6.45, 7) is 1.84. The van der Waals surface area contributed by atoms with Crippen LogP contribution in [0.1, 0.15) is 52.6 Å². The first kappa shape index (κ1) is 20.1. The van der Waals surface area contributed by atoms with Crippen molar-refractivity contribution < 1.29 is 19.1 Å². The van der Waals surface area contributed by atoms with Crippen molar-refractivity contribution in [1.29, 1.82) is 0 Å². The summed E-state index contributed by atoms with van der Waals surface area (Å²) in [5.74, 6) is -0.584. The van der Waals surface area contributed by atoms with Crippen LogP contribution in [-0.2, 0) is 9.53 Å². The molecule has 1 fully saturated rings. The zero-order valence-corrected chi connectivity index (χ0v) is 16.6. The van der Waals surface area contributed by atoms with E-state index in [1.807, 2.05) is 11.4 Å². The highest BCUT2D eigenvalue weighted by molar-refractivity contribution is 7.12. The number of esters is 1. The zero-order valence-electron chi connectivity index (χ0n) is 15.8. The smallest absolute Gasteiger partial charge is 0.338 e. The van der Waals surface area contributed by atoms with Crippen LogP contribution in [0.25, 0.3) is 0 Å². The number of rotatable bonds is 6. The number of ether oxygens (including phenoxy) is 1. The van der Waals surface area contributed by atoms with Gasteiger partial charge in [0.2, 0.25) is 0 Å². The average molecular weight is 401 g/mol. The SMILES string of the molecule is C[C@H]1CCCC[C@@H]1NC(=O)COC(=O)c1ccc(NC(=O)c2cccs2)cc1. The van der Waals surface area contributed by atoms with Crippen LogP contribution in [0.4, 0.5) is 5.69 Å². The van der Waals surface area contributed by atoms with Crippen LogP contribution in [0.15, 0.2) is 41.8 Å². The normalized spacial score (nSPS) is 18.9. The Kier molecular flexibility index (Phi) is 6.81. The molecule has 1 aliphatic rings. The van der Waals surface area contributed by atoms with E-state index in [0.717, 1.165) is 19.3 Å². The molecule has 3 rings (SSSR count). The van der Waals surface area contributed by atoms with Gasteiger partial charge in [0.15, 0.2) is 6.61 Å². The Morgan fingerprint density at radius 1 is 1.11 bits per heavy atom. The predicted molar refractivity (Wildman–Crippen MR) is 109 cm³/mol. The van der Waals surface area contributed by atoms with Crippen LogP contribution < -0.4 is 10.6 Å². The molecule has 28 heavy (non-hydrogen) atoms. The summed E-state index contributed by atoms with van der Waals surface area (Å²) in [5, 5.41) is 7.55. The molecule has 1 aromatic heterocycles. The molecule has 1 aromatic carbocycles. The van der Waals surface area contributed by atoms with Gasteiger partial charge in [0, 0.05) is 11.7 Å². The third-order valence-electron chi connectivity index (χ3n) is 4.92. The summed E-state index contributed by atoms with van der Waals surface area (Å²) in [7, 11) is 0. The summed E-state index contributed by atoms with van der Waals surface area (Å²) in [6, 6.07) is 10.1. The molecule has 148 valence electrons. The molecular weight excluding hydrogens is 376 g/mol. The van der Waals surface area contributed by atoms with Crippen LogP contribution in [-0.4, -0.2) is 30.4 Å². The molecule has 2 N–H and O–H groups in total. The lowest BCUT2D eigenvalue weighted by atomic mass is 9.86. The fourth-order valence-corrected chi connectivity index (χ4v) is 3.90. The monoisotopic (exact) mass is 400 g/mol. The Hall–Kier alpha value is -2.67. The van der Waals surface area contributed by atoms with Crippen LogP contribution in [0.3, 0.4) is 0 Å². The number of hydrogen-bond donors (Lipinski definition) is 2. The van der Waals surface area contributed by atoms with Gasteiger partial charge in [-0.1, -0.05) is 25.8 Å². The first-order valence-corrected chi connectivity index (χ1v) is 10.3. The van der Waals surface area contributed by atoms with E-state index >= 15 is 0 Å². The number of benzene rings is 1. The molecule has 2 aromatic rings. The number of anilines is 1. The fourth-order valence-electron chi connectivity index (χ4n) is 3.28. The minimum Gasteiger partial charge on any atom is -0.452 e. The number of hydrogen-bond acceptors (Lipinski definition) is 5. The van der Waals surface area contributed by atoms with Gasteiger partial charge in [0.1, 0.15) is 0 Å². The Balaban J connectivity index is 1.46. The van der Waals surface area contributed by atoms with Crippen LogP contribution in [0, 0.1) is 5.92 Å². The molecule has 1 heterocycles. The molecule has 0 radical (unpaired) electrons. The third kappa shape index (κ3) is 5.42. The van der Waals surface area contributed by atoms with Gasteiger partial charge in [0.05, 0.1) is 10.4 Å². The van der Waals surface area contributed by atoms with Gasteiger partial charge in [-0.15, -0.1) is 11.3 Å². The van der Waals surface area contributed by atoms with Crippen molar-refractivity contribution in [3.63, 3.8) is 0 Å². The predicted octanol–water partition coefficient (Wildman–Crippen LogP) is 3.85. The molecular formula is C21H24N2O4S. The molecule has 0 unspecified atom stereocenters. The van der Waals surface area contributed by atoms with Crippen molar-refractivity contribution in [1.82, 2.24) is 5.32 Å². The van der Waals surface area contributed by atoms with Crippen molar-refractivity contribution in [2.24, 2.45) is 5.92 Å². The molecule has 2 amide bonds. The Morgan fingerprint density at radius 3 is 2.54 bits per heavy atom. The topological polar surface area (TPSA) is 84.5 Å². The molecule has 7 heteroatoms. The highest BCUT2D eigenvalue weighted by Gasteiger charge is 2.23. The number of carbonyl (C=O) groups is 3. The van der Waals surface area contributed by atoms with Gasteiger partial charge in [0.25, 0.3) is 11.8 Å². The van der Waals surface area contributed by atoms with Gasteiger partial charge in [-0.25, -0.2) is 4.79 Å². The second-order valence-corrected chi connectivity index (χ2v) is 7.97. The minimum atomic E-state index is -0.567. The zero-order chi connectivity index (χ0) is 19.9. The summed E-state index contributed by atoms with van der Waals surface area (Å²) in [5.41, 5.74) is 0.909. The Labute approximate surface area is 168 Å². The lowest BCUT2D eigenvalue weighted by Gasteiger charge is -2.29. The van der Waals surface area contributed by atoms with E-state index < -0.39 is 5.97 Å². The van der Waals surface area contributed by atoms with Crippen molar-refractivity contribution in [3.05, 3.63) is 52.2 Å². The van der Waals surface area contributed by atoms with Crippen LogP contribution in [0.5, 0.6) is 0 Å². The first-order valence-electron chi connectivity index (χ1n) is 9.44. The summed E-state index contributed by atoms with van der Waals surface area (Å²) >= 11 is 1.36.